The molecule has 0 amide bonds. The zero-order chi connectivity index (χ0) is 9.07. The summed E-state index contributed by atoms with van der Waals surface area (Å²) in [5.41, 5.74) is 0. The van der Waals surface area contributed by atoms with Gasteiger partial charge in [-0.3, -0.25) is 0 Å². The summed E-state index contributed by atoms with van der Waals surface area (Å²) in [6.07, 6.45) is 0. The maximum Gasteiger partial charge on any atom is 0.348 e. The maximum atomic E-state index is 10.9. The lowest BCUT2D eigenvalue weighted by atomic mass is 10.6. The summed E-state index contributed by atoms with van der Waals surface area (Å²) in [4.78, 5) is 10.1. The first-order valence-corrected chi connectivity index (χ1v) is 4.61. The second-order valence-electron chi connectivity index (χ2n) is 1.82. The van der Waals surface area contributed by atoms with Crippen LogP contribution in [-0.4, -0.2) is 27.2 Å². The average Bonchev–Trinajstić information content (AvgIpc) is 2.01. The zero-order valence-corrected chi connectivity index (χ0v) is 7.27. The Hall–Kier alpha value is -0.840. The van der Waals surface area contributed by atoms with Crippen molar-refractivity contribution in [3.8, 4) is 0 Å². The normalized spacial score (nSPS) is 10.7. The number of hydrogen-bond donors (Lipinski definition) is 0. The molecule has 4 nitrogen and oxygen atoms in total. The highest BCUT2D eigenvalue weighted by atomic mass is 32.2. The second kappa shape index (κ2) is 3.52. The molecule has 5 heteroatoms. The lowest BCUT2D eigenvalue weighted by molar-refractivity contribution is -0.135. The van der Waals surface area contributed by atoms with Gasteiger partial charge in [0.15, 0.2) is 9.84 Å². The van der Waals surface area contributed by atoms with Crippen LogP contribution in [0.3, 0.4) is 0 Å². The summed E-state index contributed by atoms with van der Waals surface area (Å²) in [5, 5.41) is 0. The van der Waals surface area contributed by atoms with Gasteiger partial charge in [0.1, 0.15) is 4.91 Å². The van der Waals surface area contributed by atoms with Crippen molar-refractivity contribution in [1.82, 2.24) is 0 Å². The average molecular weight is 178 g/mol. The molecule has 0 N–H and O–H groups in total. The van der Waals surface area contributed by atoms with Gasteiger partial charge < -0.3 is 4.74 Å². The van der Waals surface area contributed by atoms with Gasteiger partial charge in [0.25, 0.3) is 0 Å². The molecule has 0 atom stereocenters. The Morgan fingerprint density at radius 1 is 1.55 bits per heavy atom. The van der Waals surface area contributed by atoms with Gasteiger partial charge >= 0.3 is 5.97 Å². The van der Waals surface area contributed by atoms with Crippen molar-refractivity contribution in [2.24, 2.45) is 0 Å². The van der Waals surface area contributed by atoms with Gasteiger partial charge in [-0.1, -0.05) is 13.5 Å². The Kier molecular flexibility index (Phi) is 3.25. The summed E-state index contributed by atoms with van der Waals surface area (Å²) in [6.45, 7) is 4.54. The van der Waals surface area contributed by atoms with Crippen LogP contribution < -0.4 is 0 Å². The Labute approximate surface area is 65.8 Å². The van der Waals surface area contributed by atoms with E-state index in [1.165, 1.54) is 6.92 Å². The third-order valence-corrected chi connectivity index (χ3v) is 2.85. The van der Waals surface area contributed by atoms with Gasteiger partial charge in [-0.2, -0.15) is 0 Å². The van der Waals surface area contributed by atoms with Crippen LogP contribution in [0.25, 0.3) is 0 Å². The highest BCUT2D eigenvalue weighted by Gasteiger charge is 2.20. The molecule has 0 bridgehead atoms. The molecule has 0 unspecified atom stereocenters. The van der Waals surface area contributed by atoms with Gasteiger partial charge in [-0.05, 0) is 0 Å². The van der Waals surface area contributed by atoms with Crippen molar-refractivity contribution in [1.29, 1.82) is 0 Å². The fraction of sp³-hybridized carbons (Fsp3) is 0.500. The molecular formula is C6H10O4S. The molecule has 0 saturated heterocycles. The number of ether oxygens (including phenoxy) is 1. The van der Waals surface area contributed by atoms with Gasteiger partial charge in [0, 0.05) is 0 Å². The largest absolute Gasteiger partial charge is 0.465 e. The molecule has 0 aromatic carbocycles. The van der Waals surface area contributed by atoms with Gasteiger partial charge in [0.05, 0.1) is 12.9 Å². The first-order chi connectivity index (χ1) is 4.95. The summed E-state index contributed by atoms with van der Waals surface area (Å²) in [5.74, 6) is -1.03. The van der Waals surface area contributed by atoms with E-state index < -0.39 is 20.7 Å². The van der Waals surface area contributed by atoms with E-state index >= 15 is 0 Å². The molecule has 0 spiro atoms. The van der Waals surface area contributed by atoms with E-state index in [-0.39, 0.29) is 5.75 Å². The van der Waals surface area contributed by atoms with E-state index in [0.717, 1.165) is 7.11 Å². The molecule has 0 rings (SSSR count). The third kappa shape index (κ3) is 2.34. The quantitative estimate of drug-likeness (QED) is 0.454. The third-order valence-electron chi connectivity index (χ3n) is 1.17. The maximum absolute atomic E-state index is 10.9. The standard InChI is InChI=1S/C6H10O4S/c1-4-11(8,9)5(2)6(7)10-3/h2,4H2,1,3H3. The molecule has 0 aliphatic heterocycles. The predicted molar refractivity (Wildman–Crippen MR) is 40.6 cm³/mol. The molecular weight excluding hydrogens is 168 g/mol. The smallest absolute Gasteiger partial charge is 0.348 e. The molecule has 0 saturated carbocycles. The Morgan fingerprint density at radius 2 is 2.00 bits per heavy atom. The van der Waals surface area contributed by atoms with Crippen LogP contribution in [-0.2, 0) is 19.4 Å². The van der Waals surface area contributed by atoms with Gasteiger partial charge in [-0.25, -0.2) is 13.2 Å². The van der Waals surface area contributed by atoms with Crippen molar-refractivity contribution >= 4 is 15.8 Å². The van der Waals surface area contributed by atoms with E-state index in [0.29, 0.717) is 0 Å². The van der Waals surface area contributed by atoms with E-state index in [1.54, 1.807) is 0 Å². The number of carbonyl (C=O) groups excluding carboxylic acids is 1. The fourth-order valence-corrected chi connectivity index (χ4v) is 1.10. The molecule has 64 valence electrons. The zero-order valence-electron chi connectivity index (χ0n) is 6.46. The summed E-state index contributed by atoms with van der Waals surface area (Å²) >= 11 is 0. The van der Waals surface area contributed by atoms with Gasteiger partial charge in [-0.15, -0.1) is 0 Å². The molecule has 0 aromatic rings. The van der Waals surface area contributed by atoms with Crippen LogP contribution in [0.5, 0.6) is 0 Å². The molecule has 0 aliphatic carbocycles. The number of methoxy groups -OCH3 is 1. The van der Waals surface area contributed by atoms with E-state index in [1.807, 2.05) is 0 Å². The van der Waals surface area contributed by atoms with Crippen LogP contribution in [0.2, 0.25) is 0 Å². The van der Waals surface area contributed by atoms with E-state index in [2.05, 4.69) is 11.3 Å². The van der Waals surface area contributed by atoms with Crippen molar-refractivity contribution in [3.63, 3.8) is 0 Å². The van der Waals surface area contributed by atoms with Crippen LogP contribution in [0.1, 0.15) is 6.92 Å². The lowest BCUT2D eigenvalue weighted by Crippen LogP contribution is -2.15. The lowest BCUT2D eigenvalue weighted by Gasteiger charge is -2.01. The molecule has 0 aromatic heterocycles. The predicted octanol–water partition coefficient (Wildman–Crippen LogP) is 0.108. The minimum atomic E-state index is -3.48. The van der Waals surface area contributed by atoms with Crippen molar-refractivity contribution in [2.75, 3.05) is 12.9 Å². The van der Waals surface area contributed by atoms with E-state index in [9.17, 15) is 13.2 Å². The first kappa shape index (κ1) is 10.2. The summed E-state index contributed by atoms with van der Waals surface area (Å²) in [6, 6.07) is 0. The SMILES string of the molecule is C=C(C(=O)OC)S(=O)(=O)CC. The molecule has 0 heterocycles. The number of esters is 1. The summed E-state index contributed by atoms with van der Waals surface area (Å²) < 4.78 is 26.0. The molecule has 0 radical (unpaired) electrons. The fourth-order valence-electron chi connectivity index (χ4n) is 0.415. The molecule has 0 aliphatic rings. The monoisotopic (exact) mass is 178 g/mol. The number of carbonyl (C=O) groups is 1. The minimum Gasteiger partial charge on any atom is -0.465 e. The van der Waals surface area contributed by atoms with Crippen molar-refractivity contribution in [3.05, 3.63) is 11.5 Å². The number of rotatable bonds is 3. The van der Waals surface area contributed by atoms with Gasteiger partial charge in [0.2, 0.25) is 0 Å². The highest BCUT2D eigenvalue weighted by molar-refractivity contribution is 7.96. The number of hydrogen-bond acceptors (Lipinski definition) is 4. The van der Waals surface area contributed by atoms with Crippen molar-refractivity contribution in [2.45, 2.75) is 6.92 Å². The topological polar surface area (TPSA) is 60.4 Å². The van der Waals surface area contributed by atoms with Crippen LogP contribution in [0.15, 0.2) is 11.5 Å². The van der Waals surface area contributed by atoms with Crippen LogP contribution in [0, 0.1) is 0 Å². The second-order valence-corrected chi connectivity index (χ2v) is 4.12. The highest BCUT2D eigenvalue weighted by Crippen LogP contribution is 2.05. The van der Waals surface area contributed by atoms with E-state index in [4.69, 9.17) is 0 Å². The molecule has 0 fully saturated rings. The summed E-state index contributed by atoms with van der Waals surface area (Å²) in [7, 11) is -2.37. The van der Waals surface area contributed by atoms with Crippen LogP contribution >= 0.6 is 0 Å². The Balaban J connectivity index is 4.65. The first-order valence-electron chi connectivity index (χ1n) is 2.95. The number of sulfone groups is 1. The minimum absolute atomic E-state index is 0.138. The Morgan fingerprint density at radius 3 is 2.27 bits per heavy atom. The van der Waals surface area contributed by atoms with Crippen molar-refractivity contribution < 1.29 is 17.9 Å². The molecule has 11 heavy (non-hydrogen) atoms. The Bertz CT molecular complexity index is 262. The van der Waals surface area contributed by atoms with Crippen LogP contribution in [0.4, 0.5) is 0 Å².